The zero-order valence-electron chi connectivity index (χ0n) is 26.0. The van der Waals surface area contributed by atoms with Crippen molar-refractivity contribution in [2.75, 3.05) is 39.9 Å². The van der Waals surface area contributed by atoms with Gasteiger partial charge in [0.05, 0.1) is 35.8 Å². The first-order valence-electron chi connectivity index (χ1n) is 16.4. The summed E-state index contributed by atoms with van der Waals surface area (Å²) in [6.45, 7) is 2.85. The van der Waals surface area contributed by atoms with Crippen LogP contribution in [0, 0.1) is 11.8 Å². The van der Waals surface area contributed by atoms with Gasteiger partial charge in [-0.05, 0) is 87.4 Å². The van der Waals surface area contributed by atoms with E-state index in [1.807, 2.05) is 12.1 Å². The van der Waals surface area contributed by atoms with Gasteiger partial charge in [-0.25, -0.2) is 14.3 Å². The zero-order valence-corrected chi connectivity index (χ0v) is 26.0. The van der Waals surface area contributed by atoms with E-state index >= 15 is 0 Å². The Balaban J connectivity index is 1.23. The number of hydrogen-bond donors (Lipinski definition) is 1. The molecule has 1 aliphatic carbocycles. The first kappa shape index (κ1) is 31.7. The molecule has 0 bridgehead atoms. The van der Waals surface area contributed by atoms with Crippen LogP contribution in [0.2, 0.25) is 0 Å². The molecule has 3 aliphatic heterocycles. The SMILES string of the molecule is CN1C[N+]2(CCCCC2)NC1[C@@H](c1cccc(-n2cc3c(C(F)(F)F)cc(CN4CC[C@H](C(F)(F)F)C4)cn3c2=O)c1)C1CCC1. The minimum Gasteiger partial charge on any atom is -0.298 e. The molecule has 46 heavy (non-hydrogen) atoms. The molecule has 1 unspecified atom stereocenters. The van der Waals surface area contributed by atoms with Crippen LogP contribution in [0.3, 0.4) is 0 Å². The van der Waals surface area contributed by atoms with Gasteiger partial charge in [0.15, 0.2) is 6.67 Å². The van der Waals surface area contributed by atoms with E-state index in [2.05, 4.69) is 23.4 Å². The van der Waals surface area contributed by atoms with E-state index in [-0.39, 0.29) is 49.2 Å². The summed E-state index contributed by atoms with van der Waals surface area (Å²) in [7, 11) is 2.15. The fourth-order valence-electron chi connectivity index (χ4n) is 8.32. The Hall–Kier alpha value is -2.87. The fraction of sp³-hybridized carbons (Fsp3) is 0.606. The lowest BCUT2D eigenvalue weighted by atomic mass is 9.71. The number of benzene rings is 1. The number of imidazole rings is 1. The lowest BCUT2D eigenvalue weighted by Crippen LogP contribution is -2.58. The van der Waals surface area contributed by atoms with Gasteiger partial charge in [-0.3, -0.25) is 13.9 Å². The van der Waals surface area contributed by atoms with Crippen LogP contribution in [0.5, 0.6) is 0 Å². The van der Waals surface area contributed by atoms with Gasteiger partial charge >= 0.3 is 18.0 Å². The molecule has 4 aliphatic rings. The Labute approximate surface area is 263 Å². The monoisotopic (exact) mass is 651 g/mol. The van der Waals surface area contributed by atoms with Crippen LogP contribution in [-0.2, 0) is 12.7 Å². The van der Waals surface area contributed by atoms with Crippen LogP contribution in [0.15, 0.2) is 47.5 Å². The summed E-state index contributed by atoms with van der Waals surface area (Å²) in [4.78, 5) is 17.6. The number of aromatic nitrogens is 2. The largest absolute Gasteiger partial charge is 0.418 e. The topological polar surface area (TPSA) is 44.9 Å². The van der Waals surface area contributed by atoms with Crippen LogP contribution in [-0.4, -0.2) is 75.6 Å². The maximum atomic E-state index is 14.3. The Morgan fingerprint density at radius 1 is 0.978 bits per heavy atom. The fourth-order valence-corrected chi connectivity index (χ4v) is 8.32. The van der Waals surface area contributed by atoms with Gasteiger partial charge in [-0.1, -0.05) is 18.6 Å². The highest BCUT2D eigenvalue weighted by atomic mass is 19.4. The molecule has 1 spiro atoms. The number of likely N-dealkylation sites (tertiary alicyclic amines) is 1. The zero-order chi connectivity index (χ0) is 32.4. The van der Waals surface area contributed by atoms with Crippen LogP contribution in [0.1, 0.15) is 67.6 Å². The summed E-state index contributed by atoms with van der Waals surface area (Å²) < 4.78 is 85.8. The standard InChI is InChI=1S/C33H41F6N6O/c1-41-21-45(13-3-2-4-14-45)40-30(41)29(23-7-5-8-23)24-9-6-10-26(16-24)43-20-28-27(33(37,38)39)15-22(18-44(28)31(43)46)17-42-12-11-25(19-42)32(34,35)36/h6,9-10,15-16,18,20,23,25,29-30,40H,2-5,7-8,11-14,17,19,21H2,1H3/q+1/t25-,29+,30?/m0/s1. The van der Waals surface area contributed by atoms with Crippen molar-refractivity contribution in [2.24, 2.45) is 11.8 Å². The first-order chi connectivity index (χ1) is 21.8. The molecule has 1 N–H and O–H groups in total. The molecular formula is C33H41F6N6O+. The molecule has 0 amide bonds. The Kier molecular flexibility index (Phi) is 8.05. The maximum absolute atomic E-state index is 14.3. The van der Waals surface area contributed by atoms with E-state index in [0.29, 0.717) is 11.6 Å². The highest BCUT2D eigenvalue weighted by Crippen LogP contribution is 2.44. The number of nitrogens with one attached hydrogen (secondary N) is 1. The van der Waals surface area contributed by atoms with Crippen molar-refractivity contribution in [3.8, 4) is 5.69 Å². The van der Waals surface area contributed by atoms with Crippen molar-refractivity contribution in [3.05, 3.63) is 69.9 Å². The summed E-state index contributed by atoms with van der Waals surface area (Å²) in [6, 6.07) is 8.57. The number of hydrogen-bond acceptors (Lipinski definition) is 4. The lowest BCUT2D eigenvalue weighted by Gasteiger charge is -2.40. The third-order valence-corrected chi connectivity index (χ3v) is 10.8. The molecule has 0 radical (unpaired) electrons. The number of pyridine rings is 1. The molecule has 5 heterocycles. The minimum atomic E-state index is -4.76. The van der Waals surface area contributed by atoms with Gasteiger partial charge in [-0.2, -0.15) is 26.3 Å². The summed E-state index contributed by atoms with van der Waals surface area (Å²) >= 11 is 0. The van der Waals surface area contributed by atoms with Gasteiger partial charge in [0, 0.05) is 31.4 Å². The van der Waals surface area contributed by atoms with E-state index in [4.69, 9.17) is 0 Å². The molecule has 7 nitrogen and oxygen atoms in total. The average Bonchev–Trinajstić information content (AvgIpc) is 3.66. The second-order valence-electron chi connectivity index (χ2n) is 14.0. The summed E-state index contributed by atoms with van der Waals surface area (Å²) in [6.07, 6.45) is 0.469. The number of likely N-dealkylation sites (N-methyl/N-ethyl adjacent to an activating group) is 1. The van der Waals surface area contributed by atoms with Crippen molar-refractivity contribution in [3.63, 3.8) is 0 Å². The molecule has 250 valence electrons. The van der Waals surface area contributed by atoms with Gasteiger partial charge in [0.1, 0.15) is 6.17 Å². The number of rotatable bonds is 6. The van der Waals surface area contributed by atoms with Crippen molar-refractivity contribution in [2.45, 2.75) is 75.9 Å². The minimum absolute atomic E-state index is 0.0987. The van der Waals surface area contributed by atoms with E-state index in [0.717, 1.165) is 53.2 Å². The summed E-state index contributed by atoms with van der Waals surface area (Å²) in [5.41, 5.74) is 3.73. The summed E-state index contributed by atoms with van der Waals surface area (Å²) in [5, 5.41) is 0. The predicted octanol–water partition coefficient (Wildman–Crippen LogP) is 6.11. The first-order valence-corrected chi connectivity index (χ1v) is 16.4. The highest BCUT2D eigenvalue weighted by Gasteiger charge is 2.49. The molecular weight excluding hydrogens is 610 g/mol. The second-order valence-corrected chi connectivity index (χ2v) is 14.0. The number of fused-ring (bicyclic) bond motifs is 1. The molecule has 4 fully saturated rings. The van der Waals surface area contributed by atoms with Crippen LogP contribution < -0.4 is 11.1 Å². The number of nitrogens with zero attached hydrogens (tertiary/aromatic N) is 5. The number of halogens is 6. The molecule has 2 aromatic heterocycles. The van der Waals surface area contributed by atoms with Gasteiger partial charge in [0.2, 0.25) is 0 Å². The normalized spacial score (nSPS) is 25.5. The molecule has 3 atom stereocenters. The molecule has 1 aromatic carbocycles. The molecule has 3 aromatic rings. The second kappa shape index (κ2) is 11.7. The highest BCUT2D eigenvalue weighted by molar-refractivity contribution is 5.58. The average molecular weight is 652 g/mol. The predicted molar refractivity (Wildman–Crippen MR) is 161 cm³/mol. The number of piperidine rings is 1. The van der Waals surface area contributed by atoms with Gasteiger partial charge in [-0.15, -0.1) is 5.43 Å². The quantitative estimate of drug-likeness (QED) is 0.258. The molecule has 1 saturated carbocycles. The number of quaternary nitrogens is 1. The van der Waals surface area contributed by atoms with Gasteiger partial charge < -0.3 is 0 Å². The third-order valence-electron chi connectivity index (χ3n) is 10.8. The van der Waals surface area contributed by atoms with E-state index < -0.39 is 29.5 Å². The number of alkyl halides is 6. The Morgan fingerprint density at radius 3 is 2.39 bits per heavy atom. The maximum Gasteiger partial charge on any atom is 0.418 e. The Bertz CT molecular complexity index is 1640. The van der Waals surface area contributed by atoms with Crippen molar-refractivity contribution < 1.29 is 30.9 Å². The van der Waals surface area contributed by atoms with E-state index in [1.165, 1.54) is 47.5 Å². The third kappa shape index (κ3) is 5.88. The van der Waals surface area contributed by atoms with Crippen molar-refractivity contribution in [1.29, 1.82) is 0 Å². The molecule has 7 rings (SSSR count). The lowest BCUT2D eigenvalue weighted by molar-refractivity contribution is -0.966. The van der Waals surface area contributed by atoms with E-state index in [1.54, 1.807) is 6.07 Å². The smallest absolute Gasteiger partial charge is 0.298 e. The van der Waals surface area contributed by atoms with Crippen molar-refractivity contribution >= 4 is 5.52 Å². The Morgan fingerprint density at radius 2 is 1.74 bits per heavy atom. The van der Waals surface area contributed by atoms with Gasteiger partial charge in [0.25, 0.3) is 0 Å². The van der Waals surface area contributed by atoms with E-state index in [9.17, 15) is 31.1 Å². The molecule has 3 saturated heterocycles. The van der Waals surface area contributed by atoms with Crippen LogP contribution >= 0.6 is 0 Å². The van der Waals surface area contributed by atoms with Crippen molar-refractivity contribution in [1.82, 2.24) is 24.2 Å². The molecule has 13 heteroatoms. The van der Waals surface area contributed by atoms with Crippen LogP contribution in [0.25, 0.3) is 11.2 Å². The summed E-state index contributed by atoms with van der Waals surface area (Å²) in [5.74, 6) is -0.890. The van der Waals surface area contributed by atoms with Crippen LogP contribution in [0.4, 0.5) is 26.3 Å².